The Balaban J connectivity index is 1.73. The van der Waals surface area contributed by atoms with E-state index in [1.807, 2.05) is 0 Å². The average Bonchev–Trinajstić information content (AvgIpc) is 2.36. The van der Waals surface area contributed by atoms with Gasteiger partial charge in [-0.25, -0.2) is 4.79 Å². The summed E-state index contributed by atoms with van der Waals surface area (Å²) in [5.74, 6) is 0.612. The Morgan fingerprint density at radius 2 is 1.90 bits per heavy atom. The first-order valence-corrected chi connectivity index (χ1v) is 8.16. The van der Waals surface area contributed by atoms with Crippen molar-refractivity contribution in [1.82, 2.24) is 10.6 Å². The third-order valence-electron chi connectivity index (χ3n) is 5.50. The van der Waals surface area contributed by atoms with Crippen molar-refractivity contribution in [3.8, 4) is 0 Å². The smallest absolute Gasteiger partial charge is 0.315 e. The van der Waals surface area contributed by atoms with E-state index in [-0.39, 0.29) is 23.9 Å². The molecule has 3 N–H and O–H groups in total. The highest BCUT2D eigenvalue weighted by atomic mass is 16.4. The quantitative estimate of drug-likeness (QED) is 0.730. The second kappa shape index (κ2) is 6.67. The van der Waals surface area contributed by atoms with Crippen LogP contribution in [0.5, 0.6) is 0 Å². The zero-order valence-corrected chi connectivity index (χ0v) is 13.2. The van der Waals surface area contributed by atoms with Crippen molar-refractivity contribution in [2.45, 2.75) is 64.8 Å². The fraction of sp³-hybridized carbons (Fsp3) is 0.875. The van der Waals surface area contributed by atoms with Crippen molar-refractivity contribution in [3.05, 3.63) is 0 Å². The molecule has 2 aliphatic rings. The standard InChI is InChI=1S/C16H28N2O3/c1-11-4-5-13(8-12(11)2)18-15(21)17-10-16(6-3-7-16)9-14(19)20/h11-13H,3-10H2,1-2H3,(H,19,20)(H2,17,18,21). The number of rotatable bonds is 5. The van der Waals surface area contributed by atoms with E-state index >= 15 is 0 Å². The molecule has 0 aromatic heterocycles. The van der Waals surface area contributed by atoms with Crippen LogP contribution in [0.2, 0.25) is 0 Å². The van der Waals surface area contributed by atoms with E-state index in [0.29, 0.717) is 12.5 Å². The minimum absolute atomic E-state index is 0.140. The van der Waals surface area contributed by atoms with Crippen LogP contribution in [0.15, 0.2) is 0 Å². The summed E-state index contributed by atoms with van der Waals surface area (Å²) in [6.45, 7) is 4.99. The number of nitrogens with one attached hydrogen (secondary N) is 2. The van der Waals surface area contributed by atoms with Crippen LogP contribution in [0.1, 0.15) is 58.8 Å². The molecule has 2 rings (SSSR count). The number of urea groups is 1. The Morgan fingerprint density at radius 3 is 2.43 bits per heavy atom. The molecule has 0 bridgehead atoms. The molecule has 2 fully saturated rings. The summed E-state index contributed by atoms with van der Waals surface area (Å²) in [6, 6.07) is 0.117. The normalized spacial score (nSPS) is 31.0. The number of aliphatic carboxylic acids is 1. The second-order valence-electron chi connectivity index (χ2n) is 7.22. The lowest BCUT2D eigenvalue weighted by molar-refractivity contribution is -0.141. The first-order valence-electron chi connectivity index (χ1n) is 8.16. The summed E-state index contributed by atoms with van der Waals surface area (Å²) in [7, 11) is 0. The van der Waals surface area contributed by atoms with E-state index < -0.39 is 5.97 Å². The van der Waals surface area contributed by atoms with Gasteiger partial charge in [0, 0.05) is 12.6 Å². The maximum absolute atomic E-state index is 12.0. The van der Waals surface area contributed by atoms with Crippen LogP contribution in [-0.2, 0) is 4.79 Å². The summed E-state index contributed by atoms with van der Waals surface area (Å²) in [6.07, 6.45) is 6.26. The van der Waals surface area contributed by atoms with Gasteiger partial charge >= 0.3 is 12.0 Å². The number of carboxylic acids is 1. The van der Waals surface area contributed by atoms with Crippen molar-refractivity contribution in [2.75, 3.05) is 6.54 Å². The first kappa shape index (κ1) is 16.1. The maximum Gasteiger partial charge on any atom is 0.315 e. The van der Waals surface area contributed by atoms with Gasteiger partial charge in [-0.15, -0.1) is 0 Å². The fourth-order valence-corrected chi connectivity index (χ4v) is 3.60. The van der Waals surface area contributed by atoms with Crippen LogP contribution in [0.25, 0.3) is 0 Å². The number of hydrogen-bond acceptors (Lipinski definition) is 2. The molecule has 3 atom stereocenters. The van der Waals surface area contributed by atoms with Crippen molar-refractivity contribution >= 4 is 12.0 Å². The van der Waals surface area contributed by atoms with Gasteiger partial charge in [0.2, 0.25) is 0 Å². The van der Waals surface area contributed by atoms with Gasteiger partial charge in [0.1, 0.15) is 0 Å². The van der Waals surface area contributed by atoms with Crippen molar-refractivity contribution in [3.63, 3.8) is 0 Å². The van der Waals surface area contributed by atoms with Crippen LogP contribution in [0.4, 0.5) is 4.79 Å². The number of carbonyl (C=O) groups excluding carboxylic acids is 1. The minimum Gasteiger partial charge on any atom is -0.481 e. The highest BCUT2D eigenvalue weighted by Gasteiger charge is 2.39. The van der Waals surface area contributed by atoms with E-state index in [0.717, 1.165) is 44.4 Å². The predicted molar refractivity (Wildman–Crippen MR) is 81.0 cm³/mol. The summed E-state index contributed by atoms with van der Waals surface area (Å²) in [5, 5.41) is 14.9. The largest absolute Gasteiger partial charge is 0.481 e. The van der Waals surface area contributed by atoms with Crippen LogP contribution >= 0.6 is 0 Å². The third kappa shape index (κ3) is 4.35. The molecule has 0 aromatic carbocycles. The van der Waals surface area contributed by atoms with E-state index in [1.165, 1.54) is 0 Å². The molecule has 2 amide bonds. The van der Waals surface area contributed by atoms with Crippen LogP contribution in [-0.4, -0.2) is 29.7 Å². The lowest BCUT2D eigenvalue weighted by Gasteiger charge is -2.41. The molecule has 21 heavy (non-hydrogen) atoms. The van der Waals surface area contributed by atoms with Crippen LogP contribution in [0, 0.1) is 17.3 Å². The molecule has 2 saturated carbocycles. The molecule has 3 unspecified atom stereocenters. The van der Waals surface area contributed by atoms with Crippen molar-refractivity contribution in [2.24, 2.45) is 17.3 Å². The summed E-state index contributed by atoms with van der Waals surface area (Å²) in [4.78, 5) is 22.9. The second-order valence-corrected chi connectivity index (χ2v) is 7.22. The first-order chi connectivity index (χ1) is 9.90. The number of amides is 2. The molecule has 2 aliphatic carbocycles. The van der Waals surface area contributed by atoms with E-state index in [4.69, 9.17) is 5.11 Å². The third-order valence-corrected chi connectivity index (χ3v) is 5.50. The van der Waals surface area contributed by atoms with Gasteiger partial charge in [-0.2, -0.15) is 0 Å². The zero-order valence-electron chi connectivity index (χ0n) is 13.2. The molecule has 0 spiro atoms. The van der Waals surface area contributed by atoms with Gasteiger partial charge in [0.15, 0.2) is 0 Å². The Morgan fingerprint density at radius 1 is 1.19 bits per heavy atom. The van der Waals surface area contributed by atoms with E-state index in [2.05, 4.69) is 24.5 Å². The van der Waals surface area contributed by atoms with Gasteiger partial charge in [-0.1, -0.05) is 20.3 Å². The lowest BCUT2D eigenvalue weighted by atomic mass is 9.66. The molecule has 0 aromatic rings. The van der Waals surface area contributed by atoms with Crippen LogP contribution < -0.4 is 10.6 Å². The summed E-state index contributed by atoms with van der Waals surface area (Å²) >= 11 is 0. The van der Waals surface area contributed by atoms with Gasteiger partial charge in [0.25, 0.3) is 0 Å². The van der Waals surface area contributed by atoms with Gasteiger partial charge in [-0.05, 0) is 49.4 Å². The molecule has 5 nitrogen and oxygen atoms in total. The number of hydrogen-bond donors (Lipinski definition) is 3. The SMILES string of the molecule is CC1CCC(NC(=O)NCC2(CC(=O)O)CCC2)CC1C. The summed E-state index contributed by atoms with van der Waals surface area (Å²) < 4.78 is 0. The Bertz CT molecular complexity index is 393. The fourth-order valence-electron chi connectivity index (χ4n) is 3.60. The summed E-state index contributed by atoms with van der Waals surface area (Å²) in [5.41, 5.74) is -0.211. The lowest BCUT2D eigenvalue weighted by Crippen LogP contribution is -2.49. The topological polar surface area (TPSA) is 78.4 Å². The van der Waals surface area contributed by atoms with Gasteiger partial charge < -0.3 is 15.7 Å². The molecular formula is C16H28N2O3. The molecule has 120 valence electrons. The van der Waals surface area contributed by atoms with Crippen LogP contribution in [0.3, 0.4) is 0 Å². The Labute approximate surface area is 126 Å². The van der Waals surface area contributed by atoms with Gasteiger partial charge in [0.05, 0.1) is 6.42 Å². The predicted octanol–water partition coefficient (Wildman–Crippen LogP) is 2.76. The molecule has 0 saturated heterocycles. The molecular weight excluding hydrogens is 268 g/mol. The maximum atomic E-state index is 12.0. The molecule has 0 heterocycles. The zero-order chi connectivity index (χ0) is 15.5. The highest BCUT2D eigenvalue weighted by Crippen LogP contribution is 2.43. The van der Waals surface area contributed by atoms with Crippen molar-refractivity contribution in [1.29, 1.82) is 0 Å². The molecule has 0 aliphatic heterocycles. The Hall–Kier alpha value is -1.26. The number of carbonyl (C=O) groups is 2. The van der Waals surface area contributed by atoms with E-state index in [9.17, 15) is 9.59 Å². The molecule has 5 heteroatoms. The van der Waals surface area contributed by atoms with Gasteiger partial charge in [-0.3, -0.25) is 4.79 Å². The highest BCUT2D eigenvalue weighted by molar-refractivity contribution is 5.74. The average molecular weight is 296 g/mol. The minimum atomic E-state index is -0.771. The number of carboxylic acid groups (broad SMARTS) is 1. The van der Waals surface area contributed by atoms with Crippen molar-refractivity contribution < 1.29 is 14.7 Å². The monoisotopic (exact) mass is 296 g/mol. The Kier molecular flexibility index (Phi) is 5.12. The van der Waals surface area contributed by atoms with E-state index in [1.54, 1.807) is 0 Å². The molecule has 0 radical (unpaired) electrons.